The van der Waals surface area contributed by atoms with E-state index in [1.54, 1.807) is 6.20 Å². The lowest BCUT2D eigenvalue weighted by Gasteiger charge is -2.07. The summed E-state index contributed by atoms with van der Waals surface area (Å²) in [7, 11) is 0. The van der Waals surface area contributed by atoms with Crippen molar-refractivity contribution < 1.29 is 9.32 Å². The molecule has 0 saturated heterocycles. The van der Waals surface area contributed by atoms with Crippen molar-refractivity contribution in [1.82, 2.24) is 15.1 Å². The number of pyridine rings is 1. The Hall–Kier alpha value is -2.67. The molecular formula is C20H20N4O2S. The lowest BCUT2D eigenvalue weighted by atomic mass is 10.1. The average Bonchev–Trinajstić information content (AvgIpc) is 3.37. The molecule has 0 bridgehead atoms. The van der Waals surface area contributed by atoms with E-state index in [9.17, 15) is 4.79 Å². The van der Waals surface area contributed by atoms with Gasteiger partial charge in [0.25, 0.3) is 5.89 Å². The Morgan fingerprint density at radius 1 is 1.22 bits per heavy atom. The zero-order valence-corrected chi connectivity index (χ0v) is 16.0. The third kappa shape index (κ3) is 4.54. The van der Waals surface area contributed by atoms with Gasteiger partial charge in [0.2, 0.25) is 5.91 Å². The van der Waals surface area contributed by atoms with Crippen LogP contribution < -0.4 is 5.32 Å². The average molecular weight is 380 g/mol. The first-order valence-electron chi connectivity index (χ1n) is 8.88. The van der Waals surface area contributed by atoms with E-state index < -0.39 is 0 Å². The molecule has 7 heteroatoms. The highest BCUT2D eigenvalue weighted by atomic mass is 32.2. The van der Waals surface area contributed by atoms with Gasteiger partial charge in [-0.05, 0) is 62.1 Å². The fourth-order valence-electron chi connectivity index (χ4n) is 2.84. The number of rotatable bonds is 6. The van der Waals surface area contributed by atoms with E-state index in [4.69, 9.17) is 4.52 Å². The first-order chi connectivity index (χ1) is 13.1. The van der Waals surface area contributed by atoms with Crippen molar-refractivity contribution in [2.24, 2.45) is 0 Å². The van der Waals surface area contributed by atoms with Crippen LogP contribution in [0.3, 0.4) is 0 Å². The highest BCUT2D eigenvalue weighted by molar-refractivity contribution is 7.99. The summed E-state index contributed by atoms with van der Waals surface area (Å²) < 4.78 is 5.30. The van der Waals surface area contributed by atoms with Gasteiger partial charge in [0.1, 0.15) is 0 Å². The van der Waals surface area contributed by atoms with Gasteiger partial charge in [-0.1, -0.05) is 23.0 Å². The van der Waals surface area contributed by atoms with Crippen molar-refractivity contribution in [3.05, 3.63) is 53.5 Å². The first-order valence-corrected chi connectivity index (χ1v) is 9.86. The van der Waals surface area contributed by atoms with Gasteiger partial charge < -0.3 is 9.84 Å². The van der Waals surface area contributed by atoms with Crippen molar-refractivity contribution in [3.63, 3.8) is 0 Å². The van der Waals surface area contributed by atoms with Gasteiger partial charge in [0.15, 0.2) is 5.82 Å². The predicted molar refractivity (Wildman–Crippen MR) is 105 cm³/mol. The SMILES string of the molecule is Cc1cc(C)cc(NC(=O)CSc2ccc(-c3nc(C4CC4)no3)cn2)c1. The molecule has 0 spiro atoms. The zero-order valence-electron chi connectivity index (χ0n) is 15.2. The summed E-state index contributed by atoms with van der Waals surface area (Å²) in [5.41, 5.74) is 3.87. The van der Waals surface area contributed by atoms with Crippen molar-refractivity contribution in [3.8, 4) is 11.5 Å². The number of aryl methyl sites for hydroxylation is 2. The third-order valence-corrected chi connectivity index (χ3v) is 5.17. The van der Waals surface area contributed by atoms with Gasteiger partial charge in [-0.3, -0.25) is 4.79 Å². The quantitative estimate of drug-likeness (QED) is 0.640. The molecule has 2 heterocycles. The lowest BCUT2D eigenvalue weighted by Crippen LogP contribution is -2.14. The molecule has 6 nitrogen and oxygen atoms in total. The summed E-state index contributed by atoms with van der Waals surface area (Å²) in [6.45, 7) is 4.03. The molecule has 1 fully saturated rings. The minimum absolute atomic E-state index is 0.0538. The van der Waals surface area contributed by atoms with Crippen LogP contribution in [0.4, 0.5) is 5.69 Å². The molecule has 1 N–H and O–H groups in total. The second kappa shape index (κ2) is 7.52. The van der Waals surface area contributed by atoms with Crippen LogP contribution in [0.15, 0.2) is 46.1 Å². The molecule has 27 heavy (non-hydrogen) atoms. The Balaban J connectivity index is 1.33. The number of nitrogens with zero attached hydrogens (tertiary/aromatic N) is 3. The van der Waals surface area contributed by atoms with Crippen LogP contribution in [0.5, 0.6) is 0 Å². The molecule has 0 radical (unpaired) electrons. The van der Waals surface area contributed by atoms with Crippen molar-refractivity contribution in [2.45, 2.75) is 37.6 Å². The van der Waals surface area contributed by atoms with Crippen LogP contribution in [0.25, 0.3) is 11.5 Å². The van der Waals surface area contributed by atoms with Gasteiger partial charge >= 0.3 is 0 Å². The molecule has 138 valence electrons. The molecule has 1 aliphatic carbocycles. The number of carbonyl (C=O) groups excluding carboxylic acids is 1. The van der Waals surface area contributed by atoms with Crippen LogP contribution >= 0.6 is 11.8 Å². The van der Waals surface area contributed by atoms with Gasteiger partial charge in [-0.25, -0.2) is 4.98 Å². The van der Waals surface area contributed by atoms with E-state index in [-0.39, 0.29) is 5.91 Å². The third-order valence-electron chi connectivity index (χ3n) is 4.22. The summed E-state index contributed by atoms with van der Waals surface area (Å²) in [6, 6.07) is 9.76. The van der Waals surface area contributed by atoms with Gasteiger partial charge in [-0.2, -0.15) is 4.98 Å². The number of carbonyl (C=O) groups is 1. The molecule has 0 aliphatic heterocycles. The highest BCUT2D eigenvalue weighted by Crippen LogP contribution is 2.38. The Labute approximate surface area is 161 Å². The van der Waals surface area contributed by atoms with Crippen LogP contribution in [0, 0.1) is 13.8 Å². The number of benzene rings is 1. The second-order valence-electron chi connectivity index (χ2n) is 6.83. The van der Waals surface area contributed by atoms with Crippen LogP contribution in [0.2, 0.25) is 0 Å². The minimum Gasteiger partial charge on any atom is -0.334 e. The number of aromatic nitrogens is 3. The molecular weight excluding hydrogens is 360 g/mol. The number of hydrogen-bond donors (Lipinski definition) is 1. The molecule has 1 aromatic carbocycles. The largest absolute Gasteiger partial charge is 0.334 e. The Morgan fingerprint density at radius 2 is 2.00 bits per heavy atom. The molecule has 1 aliphatic rings. The van der Waals surface area contributed by atoms with Crippen molar-refractivity contribution in [1.29, 1.82) is 0 Å². The van der Waals surface area contributed by atoms with Crippen LogP contribution in [-0.4, -0.2) is 26.8 Å². The Kier molecular flexibility index (Phi) is 4.94. The minimum atomic E-state index is -0.0538. The van der Waals surface area contributed by atoms with E-state index in [1.807, 2.05) is 38.1 Å². The highest BCUT2D eigenvalue weighted by Gasteiger charge is 2.29. The Bertz CT molecular complexity index is 944. The Morgan fingerprint density at radius 3 is 2.67 bits per heavy atom. The van der Waals surface area contributed by atoms with Crippen LogP contribution in [0.1, 0.15) is 35.7 Å². The molecule has 1 saturated carbocycles. The number of thioether (sulfide) groups is 1. The smallest absolute Gasteiger partial charge is 0.259 e. The van der Waals surface area contributed by atoms with Gasteiger partial charge in [0.05, 0.1) is 16.3 Å². The van der Waals surface area contributed by atoms with Crippen molar-refractivity contribution in [2.75, 3.05) is 11.1 Å². The van der Waals surface area contributed by atoms with Gasteiger partial charge in [-0.15, -0.1) is 0 Å². The van der Waals surface area contributed by atoms with E-state index in [2.05, 4.69) is 26.5 Å². The van der Waals surface area contributed by atoms with Crippen molar-refractivity contribution >= 4 is 23.4 Å². The summed E-state index contributed by atoms with van der Waals surface area (Å²) in [5, 5.41) is 7.72. The second-order valence-corrected chi connectivity index (χ2v) is 7.83. The topological polar surface area (TPSA) is 80.9 Å². The molecule has 0 unspecified atom stereocenters. The fourth-order valence-corrected chi connectivity index (χ4v) is 3.48. The maximum atomic E-state index is 12.2. The molecule has 3 aromatic rings. The number of anilines is 1. The lowest BCUT2D eigenvalue weighted by molar-refractivity contribution is -0.113. The predicted octanol–water partition coefficient (Wildman–Crippen LogP) is 4.36. The molecule has 0 atom stereocenters. The summed E-state index contributed by atoms with van der Waals surface area (Å²) in [5.74, 6) is 1.98. The molecule has 2 aromatic heterocycles. The van der Waals surface area contributed by atoms with E-state index in [0.29, 0.717) is 17.6 Å². The standard InChI is InChI=1S/C20H20N4O2S/c1-12-7-13(2)9-16(8-12)22-17(25)11-27-18-6-5-15(10-21-18)20-23-19(24-26-20)14-3-4-14/h5-10,14H,3-4,11H2,1-2H3,(H,22,25). The van der Waals surface area contributed by atoms with E-state index in [1.165, 1.54) is 11.8 Å². The fraction of sp³-hybridized carbons (Fsp3) is 0.300. The summed E-state index contributed by atoms with van der Waals surface area (Å²) >= 11 is 1.39. The summed E-state index contributed by atoms with van der Waals surface area (Å²) in [4.78, 5) is 21.0. The summed E-state index contributed by atoms with van der Waals surface area (Å²) in [6.07, 6.45) is 3.97. The van der Waals surface area contributed by atoms with Gasteiger partial charge in [0, 0.05) is 17.8 Å². The van der Waals surface area contributed by atoms with E-state index in [0.717, 1.165) is 46.1 Å². The monoisotopic (exact) mass is 380 g/mol. The molecule has 4 rings (SSSR count). The molecule has 1 amide bonds. The van der Waals surface area contributed by atoms with Crippen LogP contribution in [-0.2, 0) is 4.79 Å². The number of nitrogens with one attached hydrogen (secondary N) is 1. The maximum Gasteiger partial charge on any atom is 0.259 e. The first kappa shape index (κ1) is 17.7. The maximum absolute atomic E-state index is 12.2. The zero-order chi connectivity index (χ0) is 18.8. The normalized spacial score (nSPS) is 13.6. The number of hydrogen-bond acceptors (Lipinski definition) is 6. The van der Waals surface area contributed by atoms with E-state index >= 15 is 0 Å². The number of amides is 1.